The van der Waals surface area contributed by atoms with Gasteiger partial charge in [0, 0.05) is 0 Å². The first kappa shape index (κ1) is 12.4. The van der Waals surface area contributed by atoms with Crippen LogP contribution in [0.1, 0.15) is 27.7 Å². The Bertz CT molecular complexity index is 347. The molecule has 0 saturated carbocycles. The molecule has 1 aromatic carbocycles. The highest BCUT2D eigenvalue weighted by molar-refractivity contribution is 5.33. The summed E-state index contributed by atoms with van der Waals surface area (Å²) in [5, 5.41) is 0. The van der Waals surface area contributed by atoms with Crippen molar-refractivity contribution in [2.24, 2.45) is 0 Å². The molecule has 0 fully saturated rings. The summed E-state index contributed by atoms with van der Waals surface area (Å²) in [6.07, 6.45) is 3.85. The van der Waals surface area contributed by atoms with Gasteiger partial charge in [0.25, 0.3) is 0 Å². The van der Waals surface area contributed by atoms with Crippen LogP contribution in [0.4, 0.5) is 0 Å². The fourth-order valence-corrected chi connectivity index (χ4v) is 1.07. The number of rotatable bonds is 4. The molecule has 0 aromatic heterocycles. The Morgan fingerprint density at radius 3 is 1.38 bits per heavy atom. The largest absolute Gasteiger partial charge is 0.462 e. The third kappa shape index (κ3) is 3.81. The predicted molar refractivity (Wildman–Crippen MR) is 66.6 cm³/mol. The molecular formula is C14H18O2. The highest BCUT2D eigenvalue weighted by Gasteiger charge is 1.97. The van der Waals surface area contributed by atoms with Gasteiger partial charge in [-0.2, -0.15) is 0 Å². The minimum Gasteiger partial charge on any atom is -0.462 e. The van der Waals surface area contributed by atoms with Gasteiger partial charge < -0.3 is 9.47 Å². The minimum atomic E-state index is 0.820. The molecule has 16 heavy (non-hydrogen) atoms. The molecule has 0 unspecified atom stereocenters. The normalized spacial score (nSPS) is 12.5. The number of ether oxygens (including phenoxy) is 2. The zero-order chi connectivity index (χ0) is 12.0. The van der Waals surface area contributed by atoms with Crippen molar-refractivity contribution < 1.29 is 9.47 Å². The fourth-order valence-electron chi connectivity index (χ4n) is 1.07. The smallest absolute Gasteiger partial charge is 0.127 e. The first-order chi connectivity index (χ1) is 7.65. The Morgan fingerprint density at radius 1 is 0.812 bits per heavy atom. The van der Waals surface area contributed by atoms with Crippen LogP contribution in [0.15, 0.2) is 47.9 Å². The van der Waals surface area contributed by atoms with Gasteiger partial charge in [-0.25, -0.2) is 0 Å². The van der Waals surface area contributed by atoms with Crippen molar-refractivity contribution in [2.45, 2.75) is 27.7 Å². The lowest BCUT2D eigenvalue weighted by molar-refractivity contribution is 0.415. The molecule has 0 aliphatic rings. The van der Waals surface area contributed by atoms with Crippen molar-refractivity contribution in [3.63, 3.8) is 0 Å². The van der Waals surface area contributed by atoms with Crippen LogP contribution in [-0.4, -0.2) is 0 Å². The maximum Gasteiger partial charge on any atom is 0.127 e. The van der Waals surface area contributed by atoms with Crippen LogP contribution in [0, 0.1) is 0 Å². The van der Waals surface area contributed by atoms with Crippen LogP contribution < -0.4 is 9.47 Å². The predicted octanol–water partition coefficient (Wildman–Crippen LogP) is 4.29. The van der Waals surface area contributed by atoms with Crippen LogP contribution in [0.3, 0.4) is 0 Å². The first-order valence-electron chi connectivity index (χ1n) is 5.37. The molecule has 0 N–H and O–H groups in total. The lowest BCUT2D eigenvalue weighted by Gasteiger charge is -2.08. The Hall–Kier alpha value is -1.70. The van der Waals surface area contributed by atoms with E-state index in [0.29, 0.717) is 0 Å². The Balaban J connectivity index is 2.68. The van der Waals surface area contributed by atoms with Gasteiger partial charge in [-0.15, -0.1) is 0 Å². The van der Waals surface area contributed by atoms with Crippen LogP contribution in [0.25, 0.3) is 0 Å². The maximum absolute atomic E-state index is 5.54. The highest BCUT2D eigenvalue weighted by atomic mass is 16.5. The molecule has 0 amide bonds. The zero-order valence-electron chi connectivity index (χ0n) is 10.3. The van der Waals surface area contributed by atoms with Gasteiger partial charge >= 0.3 is 0 Å². The van der Waals surface area contributed by atoms with E-state index < -0.39 is 0 Å². The Kier molecular flexibility index (Phi) is 4.65. The molecule has 0 aliphatic heterocycles. The van der Waals surface area contributed by atoms with Crippen molar-refractivity contribution in [1.29, 1.82) is 0 Å². The average Bonchev–Trinajstić information content (AvgIpc) is 2.31. The molecule has 0 heterocycles. The first-order valence-corrected chi connectivity index (χ1v) is 5.37. The molecule has 0 spiro atoms. The van der Waals surface area contributed by atoms with E-state index in [1.807, 2.05) is 64.1 Å². The van der Waals surface area contributed by atoms with E-state index in [0.717, 1.165) is 23.0 Å². The summed E-state index contributed by atoms with van der Waals surface area (Å²) in [5.74, 6) is 3.42. The quantitative estimate of drug-likeness (QED) is 0.702. The van der Waals surface area contributed by atoms with E-state index in [1.54, 1.807) is 0 Å². The number of hydrogen-bond donors (Lipinski definition) is 0. The van der Waals surface area contributed by atoms with Crippen molar-refractivity contribution in [3.8, 4) is 11.5 Å². The second-order valence-electron chi connectivity index (χ2n) is 3.47. The maximum atomic E-state index is 5.54. The molecule has 0 atom stereocenters. The molecule has 0 radical (unpaired) electrons. The molecule has 0 aliphatic carbocycles. The van der Waals surface area contributed by atoms with Crippen LogP contribution in [0.2, 0.25) is 0 Å². The number of benzene rings is 1. The summed E-state index contributed by atoms with van der Waals surface area (Å²) in [4.78, 5) is 0. The summed E-state index contributed by atoms with van der Waals surface area (Å²) >= 11 is 0. The van der Waals surface area contributed by atoms with Gasteiger partial charge in [-0.05, 0) is 64.1 Å². The van der Waals surface area contributed by atoms with Crippen LogP contribution >= 0.6 is 0 Å². The molecule has 1 rings (SSSR count). The van der Waals surface area contributed by atoms with Crippen molar-refractivity contribution in [2.75, 3.05) is 0 Å². The third-order valence-electron chi connectivity index (χ3n) is 2.19. The van der Waals surface area contributed by atoms with E-state index in [2.05, 4.69) is 0 Å². The zero-order valence-corrected chi connectivity index (χ0v) is 10.3. The molecule has 2 heteroatoms. The van der Waals surface area contributed by atoms with E-state index in [4.69, 9.17) is 9.47 Å². The molecule has 2 nitrogen and oxygen atoms in total. The molecule has 0 saturated heterocycles. The summed E-state index contributed by atoms with van der Waals surface area (Å²) in [6, 6.07) is 7.58. The molecule has 0 bridgehead atoms. The lowest BCUT2D eigenvalue weighted by atomic mass is 10.3. The van der Waals surface area contributed by atoms with Gasteiger partial charge in [-0.1, -0.05) is 0 Å². The van der Waals surface area contributed by atoms with Gasteiger partial charge in [0.2, 0.25) is 0 Å². The minimum absolute atomic E-state index is 0.820. The summed E-state index contributed by atoms with van der Waals surface area (Å²) in [7, 11) is 0. The average molecular weight is 218 g/mol. The monoisotopic (exact) mass is 218 g/mol. The van der Waals surface area contributed by atoms with Crippen molar-refractivity contribution >= 4 is 0 Å². The topological polar surface area (TPSA) is 18.5 Å². The lowest BCUT2D eigenvalue weighted by Crippen LogP contribution is -1.92. The SMILES string of the molecule is CC=C(C)Oc1ccc(OC(C)=CC)cc1. The van der Waals surface area contributed by atoms with Crippen molar-refractivity contribution in [1.82, 2.24) is 0 Å². The summed E-state index contributed by atoms with van der Waals surface area (Å²) < 4.78 is 11.1. The van der Waals surface area contributed by atoms with Gasteiger partial charge in [0.15, 0.2) is 0 Å². The Labute approximate surface area is 97.2 Å². The standard InChI is InChI=1S/C14H18O2/c1-5-11(3)15-13-7-9-14(10-8-13)16-12(4)6-2/h5-10H,1-4H3. The Morgan fingerprint density at radius 2 is 1.12 bits per heavy atom. The van der Waals surface area contributed by atoms with Crippen LogP contribution in [-0.2, 0) is 0 Å². The van der Waals surface area contributed by atoms with E-state index in [9.17, 15) is 0 Å². The molecule has 1 aromatic rings. The third-order valence-corrected chi connectivity index (χ3v) is 2.19. The fraction of sp³-hybridized carbons (Fsp3) is 0.286. The van der Waals surface area contributed by atoms with Crippen LogP contribution in [0.5, 0.6) is 11.5 Å². The number of hydrogen-bond acceptors (Lipinski definition) is 2. The van der Waals surface area contributed by atoms with E-state index in [1.165, 1.54) is 0 Å². The summed E-state index contributed by atoms with van der Waals surface area (Å²) in [6.45, 7) is 7.74. The van der Waals surface area contributed by atoms with E-state index in [-0.39, 0.29) is 0 Å². The summed E-state index contributed by atoms with van der Waals surface area (Å²) in [5.41, 5.74) is 0. The number of allylic oxidation sites excluding steroid dienone is 4. The van der Waals surface area contributed by atoms with Gasteiger partial charge in [0.1, 0.15) is 11.5 Å². The highest BCUT2D eigenvalue weighted by Crippen LogP contribution is 2.20. The van der Waals surface area contributed by atoms with Crippen molar-refractivity contribution in [3.05, 3.63) is 47.9 Å². The van der Waals surface area contributed by atoms with Gasteiger partial charge in [-0.3, -0.25) is 0 Å². The van der Waals surface area contributed by atoms with Gasteiger partial charge in [0.05, 0.1) is 11.5 Å². The second-order valence-corrected chi connectivity index (χ2v) is 3.47. The second kappa shape index (κ2) is 6.01. The van der Waals surface area contributed by atoms with E-state index >= 15 is 0 Å². The molecule has 86 valence electrons. The molecular weight excluding hydrogens is 200 g/mol.